The van der Waals surface area contributed by atoms with Crippen molar-refractivity contribution in [1.82, 2.24) is 0 Å². The maximum Gasteiger partial charge on any atom is 0.328 e. The molecule has 1 aliphatic carbocycles. The third kappa shape index (κ3) is 1.71. The minimum Gasteiger partial charge on any atom is -0.508 e. The Hall–Kier alpha value is -2.55. The molecule has 0 amide bonds. The third-order valence-corrected chi connectivity index (χ3v) is 3.39. The van der Waals surface area contributed by atoms with Crippen molar-refractivity contribution < 1.29 is 15.0 Å². The Labute approximate surface area is 110 Å². The summed E-state index contributed by atoms with van der Waals surface area (Å²) in [7, 11) is 0. The lowest BCUT2D eigenvalue weighted by Gasteiger charge is -2.04. The first-order valence-corrected chi connectivity index (χ1v) is 5.96. The molecule has 0 saturated heterocycles. The summed E-state index contributed by atoms with van der Waals surface area (Å²) in [6.07, 6.45) is 1.20. The molecule has 2 aromatic carbocycles. The van der Waals surface area contributed by atoms with Crippen molar-refractivity contribution in [3.63, 3.8) is 0 Å². The van der Waals surface area contributed by atoms with Gasteiger partial charge in [-0.2, -0.15) is 0 Å². The Balaban J connectivity index is 2.39. The van der Waals surface area contributed by atoms with E-state index in [2.05, 4.69) is 0 Å². The number of phenolic OH excluding ortho intramolecular Hbond substituents is 1. The fourth-order valence-electron chi connectivity index (χ4n) is 2.65. The SMILES string of the molecule is Cc1cccc2c1-c1ccc(O)cc1/C2=C/C(=O)O. The van der Waals surface area contributed by atoms with E-state index in [9.17, 15) is 9.90 Å². The molecule has 0 bridgehead atoms. The molecule has 0 aliphatic heterocycles. The first kappa shape index (κ1) is 11.5. The van der Waals surface area contributed by atoms with Gasteiger partial charge < -0.3 is 10.2 Å². The molecule has 2 aromatic rings. The van der Waals surface area contributed by atoms with Gasteiger partial charge in [0.1, 0.15) is 5.75 Å². The molecule has 3 heteroatoms. The van der Waals surface area contributed by atoms with E-state index >= 15 is 0 Å². The second kappa shape index (κ2) is 3.99. The molecule has 0 radical (unpaired) electrons. The topological polar surface area (TPSA) is 57.5 Å². The van der Waals surface area contributed by atoms with Gasteiger partial charge in [-0.25, -0.2) is 4.79 Å². The number of hydrogen-bond acceptors (Lipinski definition) is 2. The first-order chi connectivity index (χ1) is 9.08. The van der Waals surface area contributed by atoms with Crippen LogP contribution in [0.1, 0.15) is 16.7 Å². The molecule has 19 heavy (non-hydrogen) atoms. The van der Waals surface area contributed by atoms with Gasteiger partial charge in [0, 0.05) is 6.08 Å². The molecule has 1 aliphatic rings. The van der Waals surface area contributed by atoms with Gasteiger partial charge in [0.05, 0.1) is 0 Å². The number of phenols is 1. The lowest BCUT2D eigenvalue weighted by Crippen LogP contribution is -1.91. The Kier molecular flexibility index (Phi) is 2.42. The average Bonchev–Trinajstić information content (AvgIpc) is 2.64. The number of hydrogen-bond donors (Lipinski definition) is 2. The zero-order valence-electron chi connectivity index (χ0n) is 10.3. The van der Waals surface area contributed by atoms with Crippen molar-refractivity contribution in [2.75, 3.05) is 0 Å². The lowest BCUT2D eigenvalue weighted by atomic mass is 10.0. The van der Waals surface area contributed by atoms with Crippen LogP contribution in [0.3, 0.4) is 0 Å². The van der Waals surface area contributed by atoms with Gasteiger partial charge in [0.25, 0.3) is 0 Å². The van der Waals surface area contributed by atoms with E-state index in [1.807, 2.05) is 31.2 Å². The molecule has 0 unspecified atom stereocenters. The van der Waals surface area contributed by atoms with Crippen molar-refractivity contribution in [3.8, 4) is 16.9 Å². The average molecular weight is 252 g/mol. The van der Waals surface area contributed by atoms with Crippen LogP contribution in [-0.2, 0) is 4.79 Å². The van der Waals surface area contributed by atoms with Crippen LogP contribution in [0.2, 0.25) is 0 Å². The van der Waals surface area contributed by atoms with Gasteiger partial charge in [-0.15, -0.1) is 0 Å². The summed E-state index contributed by atoms with van der Waals surface area (Å²) < 4.78 is 0. The fraction of sp³-hybridized carbons (Fsp3) is 0.0625. The summed E-state index contributed by atoms with van der Waals surface area (Å²) in [4.78, 5) is 11.0. The highest BCUT2D eigenvalue weighted by Gasteiger charge is 2.25. The van der Waals surface area contributed by atoms with Crippen molar-refractivity contribution in [1.29, 1.82) is 0 Å². The second-order valence-corrected chi connectivity index (χ2v) is 4.62. The molecule has 0 atom stereocenters. The molecule has 0 fully saturated rings. The predicted molar refractivity (Wildman–Crippen MR) is 73.0 cm³/mol. The molecule has 0 aromatic heterocycles. The summed E-state index contributed by atoms with van der Waals surface area (Å²) in [5, 5.41) is 18.6. The van der Waals surface area contributed by atoms with Crippen LogP contribution >= 0.6 is 0 Å². The minimum atomic E-state index is -0.987. The van der Waals surface area contributed by atoms with E-state index < -0.39 is 5.97 Å². The number of aliphatic carboxylic acids is 1. The molecular weight excluding hydrogens is 240 g/mol. The molecule has 3 nitrogen and oxygen atoms in total. The van der Waals surface area contributed by atoms with Crippen molar-refractivity contribution >= 4 is 11.5 Å². The minimum absolute atomic E-state index is 0.139. The normalized spacial score (nSPS) is 14.3. The highest BCUT2D eigenvalue weighted by molar-refractivity contribution is 6.07. The smallest absolute Gasteiger partial charge is 0.328 e. The number of benzene rings is 2. The zero-order valence-corrected chi connectivity index (χ0v) is 10.3. The van der Waals surface area contributed by atoms with Crippen molar-refractivity contribution in [2.24, 2.45) is 0 Å². The van der Waals surface area contributed by atoms with E-state index in [1.165, 1.54) is 6.08 Å². The van der Waals surface area contributed by atoms with Crippen LogP contribution < -0.4 is 0 Å². The van der Waals surface area contributed by atoms with Crippen LogP contribution in [0, 0.1) is 6.92 Å². The van der Waals surface area contributed by atoms with Crippen LogP contribution in [0.25, 0.3) is 16.7 Å². The van der Waals surface area contributed by atoms with Crippen LogP contribution in [0.4, 0.5) is 0 Å². The summed E-state index contributed by atoms with van der Waals surface area (Å²) in [6, 6.07) is 10.9. The van der Waals surface area contributed by atoms with Crippen molar-refractivity contribution in [3.05, 3.63) is 59.2 Å². The van der Waals surface area contributed by atoms with Gasteiger partial charge in [0.15, 0.2) is 0 Å². The van der Waals surface area contributed by atoms with E-state index in [0.717, 1.165) is 27.8 Å². The monoisotopic (exact) mass is 252 g/mol. The van der Waals surface area contributed by atoms with Gasteiger partial charge in [-0.3, -0.25) is 0 Å². The van der Waals surface area contributed by atoms with Crippen molar-refractivity contribution in [2.45, 2.75) is 6.92 Å². The maximum absolute atomic E-state index is 11.0. The first-order valence-electron chi connectivity index (χ1n) is 5.96. The second-order valence-electron chi connectivity index (χ2n) is 4.62. The number of carbonyl (C=O) groups is 1. The van der Waals surface area contributed by atoms with Crippen LogP contribution in [0.15, 0.2) is 42.5 Å². The van der Waals surface area contributed by atoms with E-state index in [4.69, 9.17) is 5.11 Å². The molecule has 0 saturated carbocycles. The molecule has 3 rings (SSSR count). The van der Waals surface area contributed by atoms with E-state index in [1.54, 1.807) is 12.1 Å². The third-order valence-electron chi connectivity index (χ3n) is 3.39. The number of rotatable bonds is 1. The molecule has 0 heterocycles. The molecule has 2 N–H and O–H groups in total. The summed E-state index contributed by atoms with van der Waals surface area (Å²) >= 11 is 0. The highest BCUT2D eigenvalue weighted by atomic mass is 16.4. The lowest BCUT2D eigenvalue weighted by molar-refractivity contribution is -0.131. The number of aryl methyl sites for hydroxylation is 1. The molecular formula is C16H12O3. The molecule has 0 spiro atoms. The number of carboxylic acids is 1. The molecule has 94 valence electrons. The largest absolute Gasteiger partial charge is 0.508 e. The van der Waals surface area contributed by atoms with Crippen LogP contribution in [0.5, 0.6) is 5.75 Å². The van der Waals surface area contributed by atoms with Gasteiger partial charge >= 0.3 is 5.97 Å². The Morgan fingerprint density at radius 1 is 1.11 bits per heavy atom. The Morgan fingerprint density at radius 2 is 1.89 bits per heavy atom. The van der Waals surface area contributed by atoms with E-state index in [0.29, 0.717) is 5.57 Å². The quantitative estimate of drug-likeness (QED) is 0.654. The van der Waals surface area contributed by atoms with E-state index in [-0.39, 0.29) is 5.75 Å². The van der Waals surface area contributed by atoms with Gasteiger partial charge in [-0.1, -0.05) is 24.3 Å². The fourth-order valence-corrected chi connectivity index (χ4v) is 2.65. The number of carboxylic acid groups (broad SMARTS) is 1. The Morgan fingerprint density at radius 3 is 2.63 bits per heavy atom. The number of aromatic hydroxyl groups is 1. The Bertz CT molecular complexity index is 727. The predicted octanol–water partition coefficient (Wildman–Crippen LogP) is 3.20. The number of fused-ring (bicyclic) bond motifs is 3. The van der Waals surface area contributed by atoms with Crippen LogP contribution in [-0.4, -0.2) is 16.2 Å². The maximum atomic E-state index is 11.0. The van der Waals surface area contributed by atoms with Gasteiger partial charge in [-0.05, 0) is 52.4 Å². The summed E-state index contributed by atoms with van der Waals surface area (Å²) in [5.74, 6) is -0.848. The van der Waals surface area contributed by atoms with Gasteiger partial charge in [0.2, 0.25) is 0 Å². The highest BCUT2D eigenvalue weighted by Crippen LogP contribution is 2.46. The standard InChI is InChI=1S/C16H12O3/c1-9-3-2-4-11-14(8-15(18)19)13-7-10(17)5-6-12(13)16(9)11/h2-8,17H,1H3,(H,18,19)/b14-8+. The summed E-state index contributed by atoms with van der Waals surface area (Å²) in [6.45, 7) is 2.00. The zero-order chi connectivity index (χ0) is 13.6. The summed E-state index contributed by atoms with van der Waals surface area (Å²) in [5.41, 5.74) is 5.44.